The number of amides is 3. The van der Waals surface area contributed by atoms with Crippen LogP contribution in [-0.4, -0.2) is 33.6 Å². The second kappa shape index (κ2) is 8.94. The van der Waals surface area contributed by atoms with Crippen LogP contribution in [0.25, 0.3) is 0 Å². The molecular formula is C20H16ClF2N5O2S. The van der Waals surface area contributed by atoms with Gasteiger partial charge in [-0.1, -0.05) is 22.9 Å². The van der Waals surface area contributed by atoms with Gasteiger partial charge in [-0.2, -0.15) is 0 Å². The first kappa shape index (κ1) is 21.1. The molecule has 1 aliphatic rings. The van der Waals surface area contributed by atoms with Crippen LogP contribution in [0.3, 0.4) is 0 Å². The molecule has 11 heteroatoms. The molecule has 1 atom stereocenters. The van der Waals surface area contributed by atoms with Gasteiger partial charge in [0.1, 0.15) is 16.6 Å². The van der Waals surface area contributed by atoms with Crippen LogP contribution in [0.1, 0.15) is 33.7 Å². The maximum Gasteiger partial charge on any atom is 0.322 e. The molecule has 1 saturated heterocycles. The Labute approximate surface area is 185 Å². The highest BCUT2D eigenvalue weighted by Gasteiger charge is 2.33. The van der Waals surface area contributed by atoms with Crippen LogP contribution in [0.15, 0.2) is 42.5 Å². The molecule has 0 bridgehead atoms. The summed E-state index contributed by atoms with van der Waals surface area (Å²) in [7, 11) is 0. The zero-order valence-electron chi connectivity index (χ0n) is 15.9. The number of likely N-dealkylation sites (tertiary alicyclic amines) is 1. The average Bonchev–Trinajstić information content (AvgIpc) is 3.42. The topological polar surface area (TPSA) is 87.2 Å². The molecule has 0 unspecified atom stereocenters. The Bertz CT molecular complexity index is 1130. The molecule has 160 valence electrons. The Balaban J connectivity index is 1.44. The number of carbonyl (C=O) groups is 2. The van der Waals surface area contributed by atoms with Gasteiger partial charge >= 0.3 is 6.03 Å². The summed E-state index contributed by atoms with van der Waals surface area (Å²) in [5, 5.41) is 14.0. The quantitative estimate of drug-likeness (QED) is 0.564. The lowest BCUT2D eigenvalue weighted by atomic mass is 10.2. The third kappa shape index (κ3) is 4.80. The fourth-order valence-electron chi connectivity index (χ4n) is 3.21. The highest BCUT2D eigenvalue weighted by Crippen LogP contribution is 2.34. The number of aromatic nitrogens is 2. The minimum Gasteiger partial charge on any atom is -0.320 e. The normalized spacial score (nSPS) is 15.7. The zero-order chi connectivity index (χ0) is 22.0. The first-order chi connectivity index (χ1) is 14.9. The van der Waals surface area contributed by atoms with E-state index in [0.717, 1.165) is 17.8 Å². The number of anilines is 2. The summed E-state index contributed by atoms with van der Waals surface area (Å²) in [6, 6.07) is 8.60. The van der Waals surface area contributed by atoms with Crippen LogP contribution in [0.4, 0.5) is 25.0 Å². The van der Waals surface area contributed by atoms with E-state index in [-0.39, 0.29) is 22.1 Å². The van der Waals surface area contributed by atoms with Crippen molar-refractivity contribution in [1.29, 1.82) is 0 Å². The van der Waals surface area contributed by atoms with Crippen molar-refractivity contribution in [1.82, 2.24) is 15.1 Å². The van der Waals surface area contributed by atoms with Crippen molar-refractivity contribution in [3.05, 3.63) is 69.1 Å². The van der Waals surface area contributed by atoms with Crippen molar-refractivity contribution in [2.75, 3.05) is 17.2 Å². The highest BCUT2D eigenvalue weighted by molar-refractivity contribution is 7.13. The van der Waals surface area contributed by atoms with Crippen LogP contribution in [0.5, 0.6) is 0 Å². The van der Waals surface area contributed by atoms with Gasteiger partial charge in [-0.3, -0.25) is 4.79 Å². The number of benzene rings is 2. The van der Waals surface area contributed by atoms with Crippen molar-refractivity contribution in [2.24, 2.45) is 0 Å². The van der Waals surface area contributed by atoms with Gasteiger partial charge in [-0.25, -0.2) is 13.6 Å². The molecule has 2 N–H and O–H groups in total. The minimum atomic E-state index is -0.570. The van der Waals surface area contributed by atoms with Crippen molar-refractivity contribution < 1.29 is 18.4 Å². The third-order valence-corrected chi connectivity index (χ3v) is 6.02. The Hall–Kier alpha value is -3.11. The number of hydrogen-bond donors (Lipinski definition) is 2. The number of nitrogens with zero attached hydrogens (tertiary/aromatic N) is 3. The van der Waals surface area contributed by atoms with Gasteiger partial charge in [0.25, 0.3) is 5.91 Å². The predicted octanol–water partition coefficient (Wildman–Crippen LogP) is 5.09. The summed E-state index contributed by atoms with van der Waals surface area (Å²) in [6.07, 6.45) is 1.44. The second-order valence-electron chi connectivity index (χ2n) is 6.82. The molecule has 31 heavy (non-hydrogen) atoms. The molecule has 0 saturated carbocycles. The molecule has 1 fully saturated rings. The van der Waals surface area contributed by atoms with Gasteiger partial charge in [0.15, 0.2) is 0 Å². The molecule has 1 aromatic heterocycles. The second-order valence-corrected chi connectivity index (χ2v) is 8.23. The molecule has 3 amide bonds. The maximum atomic E-state index is 13.3. The van der Waals surface area contributed by atoms with E-state index in [2.05, 4.69) is 20.8 Å². The van der Waals surface area contributed by atoms with Crippen LogP contribution < -0.4 is 10.6 Å². The molecule has 1 aliphatic heterocycles. The number of rotatable bonds is 4. The maximum absolute atomic E-state index is 13.3. The molecule has 0 spiro atoms. The average molecular weight is 464 g/mol. The molecule has 2 heterocycles. The number of hydrogen-bond acceptors (Lipinski definition) is 5. The summed E-state index contributed by atoms with van der Waals surface area (Å²) in [4.78, 5) is 26.7. The van der Waals surface area contributed by atoms with Gasteiger partial charge in [0, 0.05) is 17.9 Å². The lowest BCUT2D eigenvalue weighted by Crippen LogP contribution is -2.34. The van der Waals surface area contributed by atoms with E-state index in [1.54, 1.807) is 4.90 Å². The molecule has 4 rings (SSSR count). The van der Waals surface area contributed by atoms with E-state index in [0.29, 0.717) is 29.3 Å². The summed E-state index contributed by atoms with van der Waals surface area (Å²) in [5.74, 6) is -1.44. The van der Waals surface area contributed by atoms with Gasteiger partial charge in [-0.15, -0.1) is 10.2 Å². The van der Waals surface area contributed by atoms with Crippen molar-refractivity contribution in [3.63, 3.8) is 0 Å². The molecule has 2 aromatic carbocycles. The molecule has 7 nitrogen and oxygen atoms in total. The summed E-state index contributed by atoms with van der Waals surface area (Å²) < 4.78 is 26.3. The Kier molecular flexibility index (Phi) is 6.10. The number of nitrogens with one attached hydrogen (secondary N) is 2. The fraction of sp³-hybridized carbons (Fsp3) is 0.200. The largest absolute Gasteiger partial charge is 0.322 e. The van der Waals surface area contributed by atoms with Crippen molar-refractivity contribution in [3.8, 4) is 0 Å². The van der Waals surface area contributed by atoms with E-state index >= 15 is 0 Å². The molecule has 0 aliphatic carbocycles. The van der Waals surface area contributed by atoms with Gasteiger partial charge in [-0.05, 0) is 55.3 Å². The molecule has 3 aromatic rings. The summed E-state index contributed by atoms with van der Waals surface area (Å²) in [5.41, 5.74) is 0.807. The Morgan fingerprint density at radius 2 is 1.81 bits per heavy atom. The van der Waals surface area contributed by atoms with E-state index in [9.17, 15) is 18.4 Å². The number of carbonyl (C=O) groups excluding carboxylic acids is 2. The third-order valence-electron chi connectivity index (χ3n) is 4.71. The van der Waals surface area contributed by atoms with E-state index in [1.807, 2.05) is 0 Å². The van der Waals surface area contributed by atoms with Crippen molar-refractivity contribution in [2.45, 2.75) is 18.9 Å². The SMILES string of the molecule is O=C(Nc1ccc(F)cc1)c1nnc([C@@H]2CCCN2C(=O)Nc2ccc(F)c(Cl)c2)s1. The van der Waals surface area contributed by atoms with Gasteiger partial charge in [0.2, 0.25) is 5.01 Å². The van der Waals surface area contributed by atoms with E-state index < -0.39 is 17.5 Å². The summed E-state index contributed by atoms with van der Waals surface area (Å²) >= 11 is 6.86. The van der Waals surface area contributed by atoms with Crippen LogP contribution in [-0.2, 0) is 0 Å². The standard InChI is InChI=1S/C20H16ClF2N5O2S/c21-14-10-13(7-8-15(14)23)25-20(30)28-9-1-2-16(28)18-26-27-19(31-18)17(29)24-12-5-3-11(22)4-6-12/h3-8,10,16H,1-2,9H2,(H,24,29)(H,25,30)/t16-/m0/s1. The lowest BCUT2D eigenvalue weighted by Gasteiger charge is -2.23. The number of halogens is 3. The Morgan fingerprint density at radius 3 is 2.55 bits per heavy atom. The van der Waals surface area contributed by atoms with Crippen LogP contribution >= 0.6 is 22.9 Å². The van der Waals surface area contributed by atoms with E-state index in [4.69, 9.17) is 11.6 Å². The first-order valence-electron chi connectivity index (χ1n) is 9.34. The zero-order valence-corrected chi connectivity index (χ0v) is 17.5. The van der Waals surface area contributed by atoms with Gasteiger partial charge in [0.05, 0.1) is 11.1 Å². The highest BCUT2D eigenvalue weighted by atomic mass is 35.5. The van der Waals surface area contributed by atoms with Crippen LogP contribution in [0.2, 0.25) is 5.02 Å². The first-order valence-corrected chi connectivity index (χ1v) is 10.5. The summed E-state index contributed by atoms with van der Waals surface area (Å²) in [6.45, 7) is 0.502. The van der Waals surface area contributed by atoms with Gasteiger partial charge < -0.3 is 15.5 Å². The fourth-order valence-corrected chi connectivity index (χ4v) is 4.28. The minimum absolute atomic E-state index is 0.0864. The monoisotopic (exact) mass is 463 g/mol. The van der Waals surface area contributed by atoms with Crippen LogP contribution in [0, 0.1) is 11.6 Å². The molecule has 0 radical (unpaired) electrons. The molecular weight excluding hydrogens is 448 g/mol. The smallest absolute Gasteiger partial charge is 0.320 e. The predicted molar refractivity (Wildman–Crippen MR) is 113 cm³/mol. The Morgan fingerprint density at radius 1 is 1.06 bits per heavy atom. The van der Waals surface area contributed by atoms with Crippen molar-refractivity contribution >= 4 is 46.3 Å². The number of urea groups is 1. The lowest BCUT2D eigenvalue weighted by molar-refractivity contribution is 0.102. The van der Waals surface area contributed by atoms with E-state index in [1.165, 1.54) is 42.5 Å².